The summed E-state index contributed by atoms with van der Waals surface area (Å²) in [5.74, 6) is 2.05. The summed E-state index contributed by atoms with van der Waals surface area (Å²) in [4.78, 5) is 0. The molecule has 0 radical (unpaired) electrons. The lowest BCUT2D eigenvalue weighted by Crippen LogP contribution is -2.15. The lowest BCUT2D eigenvalue weighted by atomic mass is 10.1. The van der Waals surface area contributed by atoms with Crippen LogP contribution in [0, 0.1) is 6.92 Å². The molecule has 90 valence electrons. The summed E-state index contributed by atoms with van der Waals surface area (Å²) in [5.41, 5.74) is 0. The van der Waals surface area contributed by atoms with Crippen LogP contribution in [0.3, 0.4) is 0 Å². The quantitative estimate of drug-likeness (QED) is 0.530. The average Bonchev–Trinajstić information content (AvgIpc) is 2.70. The van der Waals surface area contributed by atoms with Crippen LogP contribution in [0.25, 0.3) is 0 Å². The molecule has 1 atom stereocenters. The molecule has 16 heavy (non-hydrogen) atoms. The smallest absolute Gasteiger partial charge is 0.121 e. The van der Waals surface area contributed by atoms with E-state index >= 15 is 0 Å². The van der Waals surface area contributed by atoms with Crippen LogP contribution in [0.15, 0.2) is 29.2 Å². The first-order chi connectivity index (χ1) is 7.77. The Balaban J connectivity index is 2.29. The van der Waals surface area contributed by atoms with Crippen LogP contribution in [0.4, 0.5) is 0 Å². The first kappa shape index (κ1) is 13.0. The Morgan fingerprint density at radius 2 is 2.19 bits per heavy atom. The molecule has 0 aliphatic carbocycles. The van der Waals surface area contributed by atoms with Crippen molar-refractivity contribution in [3.05, 3.63) is 36.3 Å². The zero-order valence-electron chi connectivity index (χ0n) is 10.5. The summed E-state index contributed by atoms with van der Waals surface area (Å²) in [7, 11) is 1.99. The molecular weight excluding hydrogens is 198 g/mol. The number of hydrogen-bond acceptors (Lipinski definition) is 2. The van der Waals surface area contributed by atoms with Gasteiger partial charge in [0.05, 0.1) is 6.04 Å². The zero-order valence-corrected chi connectivity index (χ0v) is 10.5. The number of unbranched alkanes of at least 4 members (excludes halogenated alkanes) is 3. The van der Waals surface area contributed by atoms with Gasteiger partial charge >= 0.3 is 0 Å². The third kappa shape index (κ3) is 4.23. The fourth-order valence-electron chi connectivity index (χ4n) is 1.88. The maximum atomic E-state index is 5.64. The van der Waals surface area contributed by atoms with Crippen LogP contribution < -0.4 is 5.32 Å². The van der Waals surface area contributed by atoms with Crippen molar-refractivity contribution in [1.29, 1.82) is 0 Å². The van der Waals surface area contributed by atoms with Crippen molar-refractivity contribution in [3.8, 4) is 0 Å². The molecule has 1 N–H and O–H groups in total. The zero-order chi connectivity index (χ0) is 11.8. The van der Waals surface area contributed by atoms with Gasteiger partial charge in [0.1, 0.15) is 11.5 Å². The minimum atomic E-state index is 0.359. The van der Waals surface area contributed by atoms with Gasteiger partial charge in [-0.25, -0.2) is 0 Å². The molecular formula is C14H23NO. The number of hydrogen-bond donors (Lipinski definition) is 1. The molecule has 0 aliphatic rings. The number of rotatable bonds is 8. The van der Waals surface area contributed by atoms with Gasteiger partial charge in [0, 0.05) is 0 Å². The molecule has 1 aromatic heterocycles. The fraction of sp³-hybridized carbons (Fsp3) is 0.571. The van der Waals surface area contributed by atoms with Crippen LogP contribution in [0.2, 0.25) is 0 Å². The SMILES string of the molecule is C=CCCCCCC(NC)c1ccc(C)o1. The molecule has 0 spiro atoms. The van der Waals surface area contributed by atoms with Gasteiger partial charge < -0.3 is 9.73 Å². The Kier molecular flexibility index (Phi) is 5.94. The fourth-order valence-corrected chi connectivity index (χ4v) is 1.88. The molecule has 1 aromatic rings. The monoisotopic (exact) mass is 221 g/mol. The van der Waals surface area contributed by atoms with Crippen molar-refractivity contribution in [3.63, 3.8) is 0 Å². The molecule has 0 bridgehead atoms. The third-order valence-corrected chi connectivity index (χ3v) is 2.85. The second kappa shape index (κ2) is 7.29. The molecule has 1 unspecified atom stereocenters. The summed E-state index contributed by atoms with van der Waals surface area (Å²) in [6, 6.07) is 4.45. The van der Waals surface area contributed by atoms with Crippen molar-refractivity contribution in [2.24, 2.45) is 0 Å². The van der Waals surface area contributed by atoms with Gasteiger partial charge in [-0.2, -0.15) is 0 Å². The Labute approximate surface area is 98.7 Å². The lowest BCUT2D eigenvalue weighted by Gasteiger charge is -2.13. The highest BCUT2D eigenvalue weighted by molar-refractivity contribution is 5.09. The Bertz CT molecular complexity index is 303. The van der Waals surface area contributed by atoms with Gasteiger partial charge in [0.2, 0.25) is 0 Å². The third-order valence-electron chi connectivity index (χ3n) is 2.85. The van der Waals surface area contributed by atoms with Crippen LogP contribution in [0.1, 0.15) is 49.7 Å². The lowest BCUT2D eigenvalue weighted by molar-refractivity contribution is 0.392. The van der Waals surface area contributed by atoms with Gasteiger partial charge in [0.15, 0.2) is 0 Å². The van der Waals surface area contributed by atoms with Gasteiger partial charge in [-0.15, -0.1) is 6.58 Å². The topological polar surface area (TPSA) is 25.2 Å². The molecule has 0 saturated carbocycles. The van der Waals surface area contributed by atoms with Crippen LogP contribution in [0.5, 0.6) is 0 Å². The largest absolute Gasteiger partial charge is 0.465 e. The van der Waals surface area contributed by atoms with E-state index in [0.29, 0.717) is 6.04 Å². The summed E-state index contributed by atoms with van der Waals surface area (Å²) in [5, 5.41) is 3.31. The first-order valence-corrected chi connectivity index (χ1v) is 6.12. The molecule has 0 aromatic carbocycles. The second-order valence-electron chi connectivity index (χ2n) is 4.22. The number of allylic oxidation sites excluding steroid dienone is 1. The second-order valence-corrected chi connectivity index (χ2v) is 4.22. The van der Waals surface area contributed by atoms with Gasteiger partial charge in [-0.1, -0.05) is 18.9 Å². The molecule has 2 nitrogen and oxygen atoms in total. The molecule has 0 fully saturated rings. The van der Waals surface area contributed by atoms with Crippen molar-refractivity contribution in [2.45, 2.75) is 45.1 Å². The molecule has 0 aliphatic heterocycles. The highest BCUT2D eigenvalue weighted by atomic mass is 16.3. The van der Waals surface area contributed by atoms with Gasteiger partial charge in [-0.05, 0) is 45.4 Å². The maximum absolute atomic E-state index is 5.64. The first-order valence-electron chi connectivity index (χ1n) is 6.12. The summed E-state index contributed by atoms with van der Waals surface area (Å²) in [6.07, 6.45) is 8.01. The van der Waals surface area contributed by atoms with E-state index in [0.717, 1.165) is 24.4 Å². The standard InChI is InChI=1S/C14H23NO/c1-4-5-6-7-8-9-13(15-3)14-11-10-12(2)16-14/h4,10-11,13,15H,1,5-9H2,2-3H3. The van der Waals surface area contributed by atoms with Crippen molar-refractivity contribution in [2.75, 3.05) is 7.05 Å². The van der Waals surface area contributed by atoms with E-state index in [2.05, 4.69) is 18.0 Å². The Morgan fingerprint density at radius 1 is 1.38 bits per heavy atom. The molecule has 0 amide bonds. The van der Waals surface area contributed by atoms with Crippen LogP contribution >= 0.6 is 0 Å². The summed E-state index contributed by atoms with van der Waals surface area (Å²) >= 11 is 0. The normalized spacial score (nSPS) is 12.6. The summed E-state index contributed by atoms with van der Waals surface area (Å²) < 4.78 is 5.64. The van der Waals surface area contributed by atoms with E-state index in [9.17, 15) is 0 Å². The predicted molar refractivity (Wildman–Crippen MR) is 68.5 cm³/mol. The van der Waals surface area contributed by atoms with Crippen LogP contribution in [-0.4, -0.2) is 7.05 Å². The highest BCUT2D eigenvalue weighted by Crippen LogP contribution is 2.21. The van der Waals surface area contributed by atoms with E-state index < -0.39 is 0 Å². The number of nitrogens with one attached hydrogen (secondary N) is 1. The minimum Gasteiger partial charge on any atom is -0.465 e. The summed E-state index contributed by atoms with van der Waals surface area (Å²) in [6.45, 7) is 5.72. The molecule has 0 saturated heterocycles. The highest BCUT2D eigenvalue weighted by Gasteiger charge is 2.11. The minimum absolute atomic E-state index is 0.359. The van der Waals surface area contributed by atoms with E-state index in [-0.39, 0.29) is 0 Å². The number of furan rings is 1. The molecule has 1 rings (SSSR count). The maximum Gasteiger partial charge on any atom is 0.121 e. The molecule has 2 heteroatoms. The van der Waals surface area contributed by atoms with Crippen LogP contribution in [-0.2, 0) is 0 Å². The average molecular weight is 221 g/mol. The Hall–Kier alpha value is -1.02. The van der Waals surface area contributed by atoms with Crippen molar-refractivity contribution < 1.29 is 4.42 Å². The van der Waals surface area contributed by atoms with Crippen molar-refractivity contribution in [1.82, 2.24) is 5.32 Å². The predicted octanol–water partition coefficient (Wildman–Crippen LogP) is 3.99. The van der Waals surface area contributed by atoms with E-state index in [4.69, 9.17) is 4.42 Å². The van der Waals surface area contributed by atoms with E-state index in [1.807, 2.05) is 26.1 Å². The van der Waals surface area contributed by atoms with E-state index in [1.165, 1.54) is 19.3 Å². The Morgan fingerprint density at radius 3 is 2.75 bits per heavy atom. The number of aryl methyl sites for hydroxylation is 1. The van der Waals surface area contributed by atoms with Gasteiger partial charge in [0.25, 0.3) is 0 Å². The van der Waals surface area contributed by atoms with E-state index in [1.54, 1.807) is 0 Å². The molecule has 1 heterocycles. The van der Waals surface area contributed by atoms with Crippen molar-refractivity contribution >= 4 is 0 Å². The van der Waals surface area contributed by atoms with Gasteiger partial charge in [-0.3, -0.25) is 0 Å².